The molecule has 36 heavy (non-hydrogen) atoms. The first kappa shape index (κ1) is 25.0. The van der Waals surface area contributed by atoms with E-state index in [2.05, 4.69) is 9.97 Å². The van der Waals surface area contributed by atoms with Crippen molar-refractivity contribution in [2.75, 3.05) is 7.11 Å². The molecule has 0 amide bonds. The van der Waals surface area contributed by atoms with Crippen LogP contribution in [0, 0.1) is 18.6 Å². The fourth-order valence-electron chi connectivity index (χ4n) is 4.08. The third kappa shape index (κ3) is 3.73. The van der Waals surface area contributed by atoms with Gasteiger partial charge in [0.25, 0.3) is 0 Å². The van der Waals surface area contributed by atoms with Crippen LogP contribution in [0.4, 0.5) is 8.78 Å². The van der Waals surface area contributed by atoms with Gasteiger partial charge in [-0.05, 0) is 62.7 Å². The van der Waals surface area contributed by atoms with Crippen molar-refractivity contribution < 1.29 is 31.8 Å². The van der Waals surface area contributed by atoms with Crippen molar-refractivity contribution in [1.82, 2.24) is 14.5 Å². The fraction of sp³-hybridized carbons (Fsp3) is 0.208. The van der Waals surface area contributed by atoms with Crippen molar-refractivity contribution in [2.45, 2.75) is 30.4 Å². The lowest BCUT2D eigenvalue weighted by Gasteiger charge is -2.27. The summed E-state index contributed by atoms with van der Waals surface area (Å²) in [6.45, 7) is 4.11. The highest BCUT2D eigenvalue weighted by atomic mass is 32.2. The molecule has 2 N–H and O–H groups in total. The first-order chi connectivity index (χ1) is 16.8. The predicted molar refractivity (Wildman–Crippen MR) is 127 cm³/mol. The van der Waals surface area contributed by atoms with Crippen molar-refractivity contribution in [3.8, 4) is 11.4 Å². The Morgan fingerprint density at radius 2 is 1.83 bits per heavy atom. The number of rotatable bonds is 6. The molecule has 0 atom stereocenters. The summed E-state index contributed by atoms with van der Waals surface area (Å²) in [7, 11) is -3.12. The van der Waals surface area contributed by atoms with Crippen molar-refractivity contribution in [3.63, 3.8) is 0 Å². The molecule has 0 bridgehead atoms. The quantitative estimate of drug-likeness (QED) is 0.373. The van der Waals surface area contributed by atoms with Crippen molar-refractivity contribution >= 4 is 27.0 Å². The number of hydrogen-bond acceptors (Lipinski definition) is 6. The minimum absolute atomic E-state index is 0.0135. The van der Waals surface area contributed by atoms with Gasteiger partial charge >= 0.3 is 11.7 Å². The number of aromatic nitrogens is 3. The van der Waals surface area contributed by atoms with E-state index in [1.54, 1.807) is 0 Å². The first-order valence-electron chi connectivity index (χ1n) is 10.5. The molecule has 4 aromatic rings. The zero-order valence-corrected chi connectivity index (χ0v) is 20.4. The molecule has 0 unspecified atom stereocenters. The van der Waals surface area contributed by atoms with Gasteiger partial charge in [0.2, 0.25) is 0 Å². The van der Waals surface area contributed by atoms with Gasteiger partial charge in [-0.2, -0.15) is 0 Å². The molecule has 2 aromatic carbocycles. The molecule has 4 rings (SSSR count). The maximum absolute atomic E-state index is 15.0. The van der Waals surface area contributed by atoms with E-state index in [-0.39, 0.29) is 28.2 Å². The number of imidazole rings is 1. The Balaban J connectivity index is 1.97. The van der Waals surface area contributed by atoms with Crippen LogP contribution in [0.15, 0.2) is 52.2 Å². The van der Waals surface area contributed by atoms with E-state index in [1.165, 1.54) is 46.1 Å². The van der Waals surface area contributed by atoms with Gasteiger partial charge in [-0.15, -0.1) is 0 Å². The smallest absolute Gasteiger partial charge is 0.354 e. The molecule has 2 heterocycles. The summed E-state index contributed by atoms with van der Waals surface area (Å²) < 4.78 is 61.3. The molecule has 0 spiro atoms. The summed E-state index contributed by atoms with van der Waals surface area (Å²) in [6.07, 6.45) is 0. The van der Waals surface area contributed by atoms with Crippen LogP contribution < -0.4 is 10.4 Å². The third-order valence-electron chi connectivity index (χ3n) is 6.00. The van der Waals surface area contributed by atoms with Crippen LogP contribution in [0.5, 0.6) is 5.75 Å². The molecule has 0 aliphatic heterocycles. The number of nitrogens with zero attached hydrogens (tertiary/aromatic N) is 2. The van der Waals surface area contributed by atoms with Crippen LogP contribution in [0.25, 0.3) is 16.9 Å². The number of methoxy groups -OCH3 is 1. The average molecular weight is 518 g/mol. The number of aromatic carboxylic acids is 1. The van der Waals surface area contributed by atoms with E-state index in [0.717, 1.165) is 28.8 Å². The Labute approximate surface area is 203 Å². The number of carboxylic acid groups (broad SMARTS) is 1. The Hall–Kier alpha value is -4.06. The van der Waals surface area contributed by atoms with Gasteiger partial charge in [0, 0.05) is 0 Å². The second-order valence-electron chi connectivity index (χ2n) is 8.54. The summed E-state index contributed by atoms with van der Waals surface area (Å²) in [5, 5.41) is 9.35. The van der Waals surface area contributed by atoms with Gasteiger partial charge < -0.3 is 14.8 Å². The highest BCUT2D eigenvalue weighted by molar-refractivity contribution is 7.92. The summed E-state index contributed by atoms with van der Waals surface area (Å²) in [6, 6.07) is 7.93. The monoisotopic (exact) mass is 517 g/mol. The maximum atomic E-state index is 15.0. The summed E-state index contributed by atoms with van der Waals surface area (Å²) in [5.41, 5.74) is -1.60. The second-order valence-corrected chi connectivity index (χ2v) is 11.0. The maximum Gasteiger partial charge on any atom is 0.354 e. The summed E-state index contributed by atoms with van der Waals surface area (Å²) in [5.74, 6) is -3.12. The van der Waals surface area contributed by atoms with Crippen LogP contribution in [0.1, 0.15) is 35.5 Å². The highest BCUT2D eigenvalue weighted by Crippen LogP contribution is 2.41. The predicted octanol–water partition coefficient (Wildman–Crippen LogP) is 3.72. The molecular formula is C24H21F2N3O6S. The van der Waals surface area contributed by atoms with Crippen LogP contribution in [-0.4, -0.2) is 41.1 Å². The van der Waals surface area contributed by atoms with Crippen LogP contribution in [-0.2, 0) is 14.6 Å². The van der Waals surface area contributed by atoms with E-state index >= 15 is 0 Å². The number of H-pyrrole nitrogens is 1. The molecule has 0 aliphatic rings. The van der Waals surface area contributed by atoms with E-state index in [9.17, 15) is 31.9 Å². The van der Waals surface area contributed by atoms with Gasteiger partial charge in [0.1, 0.15) is 22.1 Å². The molecule has 2 aromatic heterocycles. The Kier molecular flexibility index (Phi) is 5.95. The Morgan fingerprint density at radius 3 is 2.47 bits per heavy atom. The number of aromatic amines is 1. The Morgan fingerprint density at radius 1 is 1.14 bits per heavy atom. The van der Waals surface area contributed by atoms with Gasteiger partial charge in [0.15, 0.2) is 21.2 Å². The summed E-state index contributed by atoms with van der Waals surface area (Å²) >= 11 is 0. The lowest BCUT2D eigenvalue weighted by atomic mass is 10.0. The zero-order chi connectivity index (χ0) is 26.6. The molecule has 0 aliphatic carbocycles. The topological polar surface area (TPSA) is 131 Å². The van der Waals surface area contributed by atoms with Gasteiger partial charge in [-0.1, -0.05) is 6.07 Å². The lowest BCUT2D eigenvalue weighted by Crippen LogP contribution is -2.31. The van der Waals surface area contributed by atoms with E-state index in [0.29, 0.717) is 5.56 Å². The van der Waals surface area contributed by atoms with Crippen molar-refractivity contribution in [2.24, 2.45) is 0 Å². The van der Waals surface area contributed by atoms with Crippen molar-refractivity contribution in [1.29, 1.82) is 0 Å². The lowest BCUT2D eigenvalue weighted by molar-refractivity contribution is 0.0690. The van der Waals surface area contributed by atoms with Crippen LogP contribution >= 0.6 is 0 Å². The van der Waals surface area contributed by atoms with Crippen molar-refractivity contribution in [3.05, 3.63) is 81.4 Å². The van der Waals surface area contributed by atoms with E-state index in [4.69, 9.17) is 4.74 Å². The molecule has 0 saturated heterocycles. The fourth-order valence-corrected chi connectivity index (χ4v) is 5.65. The number of sulfone groups is 1. The standard InChI is InChI=1S/C24H21F2N3O6S/c1-12-10-16(22(30)31)27-21-20(12)28-23(32)29(21)17-11-13(8-9-14(17)25)36(33,34)24(2,3)19-15(26)6-5-7-18(19)35-4/h5-11H,1-4H3,(H,28,32)(H,30,31). The normalized spacial score (nSPS) is 12.2. The van der Waals surface area contributed by atoms with Gasteiger partial charge in [-0.3, -0.25) is 0 Å². The SMILES string of the molecule is COc1cccc(F)c1C(C)(C)S(=O)(=O)c1ccc(F)c(-n2c(=O)[nH]c3c(C)cc(C(=O)O)nc32)c1. The van der Waals surface area contributed by atoms with Crippen LogP contribution in [0.2, 0.25) is 0 Å². The number of fused-ring (bicyclic) bond motifs is 1. The Bertz CT molecular complexity index is 1710. The van der Waals surface area contributed by atoms with Crippen LogP contribution in [0.3, 0.4) is 0 Å². The van der Waals surface area contributed by atoms with E-state index in [1.807, 2.05) is 0 Å². The van der Waals surface area contributed by atoms with Gasteiger partial charge in [-0.25, -0.2) is 36.3 Å². The number of carbonyl (C=O) groups is 1. The zero-order valence-electron chi connectivity index (χ0n) is 19.6. The number of ether oxygens (including phenoxy) is 1. The minimum Gasteiger partial charge on any atom is -0.496 e. The number of carboxylic acids is 1. The first-order valence-corrected chi connectivity index (χ1v) is 12.0. The number of aryl methyl sites for hydroxylation is 1. The number of nitrogens with one attached hydrogen (secondary N) is 1. The average Bonchev–Trinajstić information content (AvgIpc) is 3.15. The molecule has 0 radical (unpaired) electrons. The van der Waals surface area contributed by atoms with E-state index < -0.39 is 48.5 Å². The number of benzene rings is 2. The molecule has 0 fully saturated rings. The number of halogens is 2. The summed E-state index contributed by atoms with van der Waals surface area (Å²) in [4.78, 5) is 30.3. The molecule has 188 valence electrons. The molecule has 12 heteroatoms. The van der Waals surface area contributed by atoms with Gasteiger partial charge in [0.05, 0.1) is 28.8 Å². The molecule has 0 saturated carbocycles. The largest absolute Gasteiger partial charge is 0.496 e. The number of pyridine rings is 1. The number of hydrogen-bond donors (Lipinski definition) is 2. The highest BCUT2D eigenvalue weighted by Gasteiger charge is 2.42. The minimum atomic E-state index is -4.40. The molecular weight excluding hydrogens is 496 g/mol. The molecule has 9 nitrogen and oxygen atoms in total. The second kappa shape index (κ2) is 8.55. The third-order valence-corrected chi connectivity index (χ3v) is 8.42.